The molecule has 194 valence electrons. The third-order valence-corrected chi connectivity index (χ3v) is 7.23. The maximum atomic E-state index is 13.0. The molecule has 0 saturated carbocycles. The first kappa shape index (κ1) is 25.5. The normalized spacial score (nSPS) is 16.8. The molecular weight excluding hydrogens is 494 g/mol. The van der Waals surface area contributed by atoms with Crippen LogP contribution >= 0.6 is 12.2 Å². The van der Waals surface area contributed by atoms with Crippen molar-refractivity contribution in [3.8, 4) is 11.4 Å². The molecule has 2 aromatic heterocycles. The van der Waals surface area contributed by atoms with Crippen molar-refractivity contribution in [3.63, 3.8) is 0 Å². The molecule has 38 heavy (non-hydrogen) atoms. The fourth-order valence-electron chi connectivity index (χ4n) is 4.89. The number of carbonyl (C=O) groups is 1. The molecule has 1 aliphatic rings. The first-order valence-corrected chi connectivity index (χ1v) is 13.0. The zero-order chi connectivity index (χ0) is 26.6. The van der Waals surface area contributed by atoms with Gasteiger partial charge in [-0.15, -0.1) is 0 Å². The van der Waals surface area contributed by atoms with E-state index in [0.717, 1.165) is 39.6 Å². The summed E-state index contributed by atoms with van der Waals surface area (Å²) in [5.74, 6) is 0.751. The van der Waals surface area contributed by atoms with E-state index in [1.54, 1.807) is 13.3 Å². The number of benzene rings is 2. The van der Waals surface area contributed by atoms with E-state index in [9.17, 15) is 4.79 Å². The van der Waals surface area contributed by atoms with Gasteiger partial charge in [0.2, 0.25) is 5.91 Å². The second-order valence-corrected chi connectivity index (χ2v) is 9.82. The lowest BCUT2D eigenvalue weighted by molar-refractivity contribution is -0.116. The van der Waals surface area contributed by atoms with Gasteiger partial charge in [-0.2, -0.15) is 0 Å². The van der Waals surface area contributed by atoms with Crippen molar-refractivity contribution in [1.29, 1.82) is 0 Å². The van der Waals surface area contributed by atoms with Crippen molar-refractivity contribution >= 4 is 28.9 Å². The quantitative estimate of drug-likeness (QED) is 0.296. The van der Waals surface area contributed by atoms with Gasteiger partial charge in [-0.25, -0.2) is 0 Å². The maximum Gasteiger partial charge on any atom is 0.226 e. The molecule has 1 aliphatic heterocycles. The molecule has 3 heterocycles. The summed E-state index contributed by atoms with van der Waals surface area (Å²) < 4.78 is 7.49. The predicted octanol–water partition coefficient (Wildman–Crippen LogP) is 5.50. The van der Waals surface area contributed by atoms with E-state index < -0.39 is 0 Å². The van der Waals surface area contributed by atoms with Crippen LogP contribution in [0.5, 0.6) is 5.75 Å². The number of carbonyl (C=O) groups excluding carboxylic acids is 1. The Labute approximate surface area is 228 Å². The van der Waals surface area contributed by atoms with E-state index in [2.05, 4.69) is 31.2 Å². The summed E-state index contributed by atoms with van der Waals surface area (Å²) in [5, 5.41) is 7.15. The number of pyridine rings is 1. The number of aromatic nitrogens is 2. The van der Waals surface area contributed by atoms with Gasteiger partial charge in [-0.3, -0.25) is 9.78 Å². The Balaban J connectivity index is 1.43. The number of rotatable bonds is 8. The van der Waals surface area contributed by atoms with Crippen LogP contribution in [0, 0.1) is 13.8 Å². The first-order chi connectivity index (χ1) is 18.4. The smallest absolute Gasteiger partial charge is 0.226 e. The van der Waals surface area contributed by atoms with E-state index in [0.29, 0.717) is 18.1 Å². The number of hydrogen-bond donors (Lipinski definition) is 2. The largest absolute Gasteiger partial charge is 0.497 e. The van der Waals surface area contributed by atoms with Crippen molar-refractivity contribution in [2.75, 3.05) is 19.0 Å². The zero-order valence-electron chi connectivity index (χ0n) is 21.7. The van der Waals surface area contributed by atoms with E-state index in [1.165, 1.54) is 0 Å². The van der Waals surface area contributed by atoms with Gasteiger partial charge in [0, 0.05) is 42.4 Å². The molecule has 2 aromatic carbocycles. The highest BCUT2D eigenvalue weighted by Gasteiger charge is 2.41. The number of hydrogen-bond acceptors (Lipinski definition) is 4. The van der Waals surface area contributed by atoms with Crippen LogP contribution in [0.2, 0.25) is 0 Å². The molecular formula is C30H31N5O2S. The van der Waals surface area contributed by atoms with Crippen LogP contribution in [0.25, 0.3) is 5.69 Å². The minimum absolute atomic E-state index is 0.0490. The fraction of sp³-hybridized carbons (Fsp3) is 0.233. The van der Waals surface area contributed by atoms with Crippen molar-refractivity contribution in [2.45, 2.75) is 32.4 Å². The van der Waals surface area contributed by atoms with Gasteiger partial charge in [0.15, 0.2) is 5.11 Å². The molecule has 0 bridgehead atoms. The predicted molar refractivity (Wildman–Crippen MR) is 154 cm³/mol. The summed E-state index contributed by atoms with van der Waals surface area (Å²) in [6, 6.07) is 23.7. The zero-order valence-corrected chi connectivity index (χ0v) is 22.5. The van der Waals surface area contributed by atoms with E-state index in [-0.39, 0.29) is 18.0 Å². The molecule has 7 nitrogen and oxygen atoms in total. The molecule has 1 amide bonds. The second kappa shape index (κ2) is 11.1. The van der Waals surface area contributed by atoms with Crippen molar-refractivity contribution in [3.05, 3.63) is 108 Å². The van der Waals surface area contributed by atoms with Crippen molar-refractivity contribution < 1.29 is 9.53 Å². The van der Waals surface area contributed by atoms with Gasteiger partial charge in [0.25, 0.3) is 0 Å². The summed E-state index contributed by atoms with van der Waals surface area (Å²) in [6.07, 6.45) is 4.13. The first-order valence-electron chi connectivity index (χ1n) is 12.6. The minimum Gasteiger partial charge on any atom is -0.497 e. The Morgan fingerprint density at radius 1 is 1.08 bits per heavy atom. The molecule has 0 aliphatic carbocycles. The second-order valence-electron chi connectivity index (χ2n) is 9.44. The third-order valence-electron chi connectivity index (χ3n) is 6.88. The van der Waals surface area contributed by atoms with Gasteiger partial charge in [-0.1, -0.05) is 18.2 Å². The highest BCUT2D eigenvalue weighted by atomic mass is 32.1. The Morgan fingerprint density at radius 2 is 1.89 bits per heavy atom. The average molecular weight is 526 g/mol. The van der Waals surface area contributed by atoms with Gasteiger partial charge >= 0.3 is 0 Å². The third kappa shape index (κ3) is 5.26. The monoisotopic (exact) mass is 525 g/mol. The SMILES string of the molecule is COc1ccc(-n2cccc2[C@@H]2[C@H](c3ccccn3)NC(=S)N2CCC(=O)Nc2cc(C)ccc2C)cc1. The van der Waals surface area contributed by atoms with Gasteiger partial charge in [0.1, 0.15) is 5.75 Å². The molecule has 0 spiro atoms. The van der Waals surface area contributed by atoms with Crippen LogP contribution in [-0.4, -0.2) is 39.1 Å². The number of methoxy groups -OCH3 is 1. The van der Waals surface area contributed by atoms with Crippen molar-refractivity contribution in [2.24, 2.45) is 0 Å². The van der Waals surface area contributed by atoms with Crippen LogP contribution in [0.3, 0.4) is 0 Å². The molecule has 0 radical (unpaired) electrons. The molecule has 0 unspecified atom stereocenters. The lowest BCUT2D eigenvalue weighted by Gasteiger charge is -2.29. The summed E-state index contributed by atoms with van der Waals surface area (Å²) in [7, 11) is 1.66. The molecule has 5 rings (SSSR count). The lowest BCUT2D eigenvalue weighted by Crippen LogP contribution is -2.33. The van der Waals surface area contributed by atoms with Crippen molar-refractivity contribution in [1.82, 2.24) is 19.8 Å². The van der Waals surface area contributed by atoms with Crippen LogP contribution in [0.4, 0.5) is 5.69 Å². The van der Waals surface area contributed by atoms with Gasteiger partial charge in [-0.05, 0) is 91.8 Å². The van der Waals surface area contributed by atoms with Crippen LogP contribution in [-0.2, 0) is 4.79 Å². The molecule has 1 fully saturated rings. The molecule has 2 atom stereocenters. The lowest BCUT2D eigenvalue weighted by atomic mass is 10.0. The number of ether oxygens (including phenoxy) is 1. The summed E-state index contributed by atoms with van der Waals surface area (Å²) in [4.78, 5) is 19.7. The van der Waals surface area contributed by atoms with E-state index in [1.807, 2.05) is 86.8 Å². The van der Waals surface area contributed by atoms with Gasteiger partial charge in [0.05, 0.1) is 24.9 Å². The number of thiocarbonyl (C=S) groups is 1. The maximum absolute atomic E-state index is 13.0. The number of aryl methyl sites for hydroxylation is 2. The summed E-state index contributed by atoms with van der Waals surface area (Å²) >= 11 is 5.81. The molecule has 1 saturated heterocycles. The topological polar surface area (TPSA) is 71.4 Å². The summed E-state index contributed by atoms with van der Waals surface area (Å²) in [5.41, 5.74) is 5.93. The minimum atomic E-state index is -0.169. The number of anilines is 1. The highest BCUT2D eigenvalue weighted by molar-refractivity contribution is 7.80. The molecule has 4 aromatic rings. The average Bonchev–Trinajstić information content (AvgIpc) is 3.54. The van der Waals surface area contributed by atoms with Gasteiger partial charge < -0.3 is 24.8 Å². The Bertz CT molecular complexity index is 1430. The van der Waals surface area contributed by atoms with E-state index >= 15 is 0 Å². The Hall–Kier alpha value is -4.17. The molecule has 8 heteroatoms. The fourth-order valence-corrected chi connectivity index (χ4v) is 5.22. The Kier molecular flexibility index (Phi) is 7.42. The van der Waals surface area contributed by atoms with E-state index in [4.69, 9.17) is 17.0 Å². The molecule has 2 N–H and O–H groups in total. The number of amides is 1. The van der Waals surface area contributed by atoms with Crippen LogP contribution in [0.15, 0.2) is 85.2 Å². The Morgan fingerprint density at radius 3 is 2.63 bits per heavy atom. The summed E-state index contributed by atoms with van der Waals surface area (Å²) in [6.45, 7) is 4.48. The number of nitrogens with one attached hydrogen (secondary N) is 2. The highest BCUT2D eigenvalue weighted by Crippen LogP contribution is 2.39. The standard InChI is InChI=1S/C30H31N5O2S/c1-20-9-10-21(2)25(19-20)32-27(36)15-18-35-29(28(33-30(35)38)24-7-4-5-16-31-24)26-8-6-17-34(26)22-11-13-23(37-3)14-12-22/h4-14,16-17,19,28-29H,15,18H2,1-3H3,(H,32,36)(H,33,38)/t28-,29+/m0/s1. The van der Waals surface area contributed by atoms with Crippen LogP contribution < -0.4 is 15.4 Å². The number of nitrogens with zero attached hydrogens (tertiary/aromatic N) is 3. The van der Waals surface area contributed by atoms with Crippen LogP contribution in [0.1, 0.15) is 41.0 Å².